The topological polar surface area (TPSA) is 23.8 Å². The number of halogens is 1. The van der Waals surface area contributed by atoms with Crippen molar-refractivity contribution in [3.8, 4) is 6.07 Å². The summed E-state index contributed by atoms with van der Waals surface area (Å²) in [6.45, 7) is 0. The van der Waals surface area contributed by atoms with Gasteiger partial charge in [-0.3, -0.25) is 0 Å². The first-order valence-corrected chi connectivity index (χ1v) is 2.64. The average molecular weight is 146 g/mol. The zero-order valence-corrected chi connectivity index (χ0v) is 4.77. The van der Waals surface area contributed by atoms with Crippen molar-refractivity contribution in [1.29, 1.82) is 5.26 Å². The van der Waals surface area contributed by atoms with Gasteiger partial charge in [0.2, 0.25) is 0 Å². The lowest BCUT2D eigenvalue weighted by Gasteiger charge is -1.61. The molecule has 0 aromatic rings. The van der Waals surface area contributed by atoms with Gasteiger partial charge in [-0.2, -0.15) is 5.26 Å². The van der Waals surface area contributed by atoms with Crippen LogP contribution in [0.25, 0.3) is 0 Å². The zero-order valence-electron chi connectivity index (χ0n) is 3.19. The molecule has 1 nitrogen and oxygen atoms in total. The van der Waals surface area contributed by atoms with E-state index in [4.69, 9.17) is 5.26 Å². The van der Waals surface area contributed by atoms with Gasteiger partial charge in [-0.25, -0.2) is 0 Å². The van der Waals surface area contributed by atoms with Crippen LogP contribution in [-0.2, 0) is 0 Å². The molecule has 0 fully saturated rings. The molecule has 0 saturated heterocycles. The first-order chi connectivity index (χ1) is 2.91. The fourth-order valence-corrected chi connectivity index (χ4v) is 0.284. The minimum absolute atomic E-state index is 0.764. The molecular weight excluding hydrogens is 142 g/mol. The number of nitrogens with zero attached hydrogens (tertiary/aromatic N) is 1. The Balaban J connectivity index is 3.02. The van der Waals surface area contributed by atoms with Gasteiger partial charge in [0, 0.05) is 11.4 Å². The first-order valence-electron chi connectivity index (χ1n) is 1.52. The Labute approximate surface area is 45.4 Å². The first kappa shape index (κ1) is 5.71. The highest BCUT2D eigenvalue weighted by Gasteiger charge is 1.59. The van der Waals surface area contributed by atoms with E-state index in [0.29, 0.717) is 0 Å². The van der Waals surface area contributed by atoms with Gasteiger partial charge in [-0.05, 0) is 0 Å². The molecule has 0 heterocycles. The summed E-state index contributed by atoms with van der Waals surface area (Å²) >= 11 is 3.11. The predicted octanol–water partition coefficient (Wildman–Crippen LogP) is 1.46. The standard InChI is InChI=1S/C4H4BrN/c5-3-1-2-4-6/h1-2H,3H2/b2-1-. The van der Waals surface area contributed by atoms with Crippen LogP contribution in [0.5, 0.6) is 0 Å². The highest BCUT2D eigenvalue weighted by molar-refractivity contribution is 9.09. The fourth-order valence-electron chi connectivity index (χ4n) is 0.0972. The molecule has 2 heteroatoms. The van der Waals surface area contributed by atoms with Crippen LogP contribution in [0.1, 0.15) is 0 Å². The molecule has 32 valence electrons. The minimum Gasteiger partial charge on any atom is -0.193 e. The third-order valence-electron chi connectivity index (χ3n) is 0.281. The molecule has 0 aliphatic carbocycles. The summed E-state index contributed by atoms with van der Waals surface area (Å²) in [6, 6.07) is 1.86. The van der Waals surface area contributed by atoms with Gasteiger partial charge >= 0.3 is 0 Å². The van der Waals surface area contributed by atoms with E-state index in [0.717, 1.165) is 5.33 Å². The van der Waals surface area contributed by atoms with Gasteiger partial charge in [-0.1, -0.05) is 22.0 Å². The number of nitriles is 1. The maximum absolute atomic E-state index is 7.84. The Morgan fingerprint density at radius 2 is 2.50 bits per heavy atom. The number of allylic oxidation sites excluding steroid dienone is 2. The Bertz CT molecular complexity index is 80.0. The lowest BCUT2D eigenvalue weighted by molar-refractivity contribution is 1.53. The number of rotatable bonds is 1. The Kier molecular flexibility index (Phi) is 4.48. The van der Waals surface area contributed by atoms with Crippen molar-refractivity contribution in [3.05, 3.63) is 12.2 Å². The lowest BCUT2D eigenvalue weighted by atomic mass is 10.6. The summed E-state index contributed by atoms with van der Waals surface area (Å²) in [7, 11) is 0. The van der Waals surface area contributed by atoms with Gasteiger partial charge < -0.3 is 0 Å². The summed E-state index contributed by atoms with van der Waals surface area (Å²) < 4.78 is 0. The monoisotopic (exact) mass is 145 g/mol. The molecular formula is C4H4BrN. The van der Waals surface area contributed by atoms with Crippen LogP contribution in [0.4, 0.5) is 0 Å². The maximum atomic E-state index is 7.84. The second kappa shape index (κ2) is 4.71. The Morgan fingerprint density at radius 1 is 1.83 bits per heavy atom. The smallest absolute Gasteiger partial charge is 0.0908 e. The lowest BCUT2D eigenvalue weighted by Crippen LogP contribution is -1.52. The minimum atomic E-state index is 0.764. The largest absolute Gasteiger partial charge is 0.193 e. The molecule has 0 aliphatic heterocycles. The van der Waals surface area contributed by atoms with E-state index in [-0.39, 0.29) is 0 Å². The van der Waals surface area contributed by atoms with Crippen molar-refractivity contribution >= 4 is 15.9 Å². The van der Waals surface area contributed by atoms with E-state index < -0.39 is 0 Å². The quantitative estimate of drug-likeness (QED) is 0.405. The molecule has 0 rings (SSSR count). The van der Waals surface area contributed by atoms with Gasteiger partial charge in [0.15, 0.2) is 0 Å². The molecule has 0 saturated carbocycles. The molecule has 6 heavy (non-hydrogen) atoms. The van der Waals surface area contributed by atoms with E-state index >= 15 is 0 Å². The van der Waals surface area contributed by atoms with E-state index in [9.17, 15) is 0 Å². The molecule has 0 unspecified atom stereocenters. The molecule has 0 aromatic heterocycles. The van der Waals surface area contributed by atoms with Gasteiger partial charge in [0.05, 0.1) is 6.07 Å². The summed E-state index contributed by atoms with van der Waals surface area (Å²) in [5.74, 6) is 0. The molecule has 0 spiro atoms. The van der Waals surface area contributed by atoms with E-state index in [2.05, 4.69) is 15.9 Å². The van der Waals surface area contributed by atoms with E-state index in [1.54, 1.807) is 6.08 Å². The molecule has 0 amide bonds. The van der Waals surface area contributed by atoms with Crippen LogP contribution >= 0.6 is 15.9 Å². The number of alkyl halides is 1. The van der Waals surface area contributed by atoms with Crippen molar-refractivity contribution < 1.29 is 0 Å². The van der Waals surface area contributed by atoms with E-state index in [1.165, 1.54) is 6.08 Å². The molecule has 0 bridgehead atoms. The SMILES string of the molecule is N#C/C=C\CBr. The van der Waals surface area contributed by atoms with Gasteiger partial charge in [-0.15, -0.1) is 0 Å². The molecule has 0 atom stereocenters. The van der Waals surface area contributed by atoms with Crippen molar-refractivity contribution in [2.24, 2.45) is 0 Å². The molecule has 0 N–H and O–H groups in total. The Hall–Kier alpha value is -0.290. The fraction of sp³-hybridized carbons (Fsp3) is 0.250. The van der Waals surface area contributed by atoms with Crippen LogP contribution in [0.2, 0.25) is 0 Å². The van der Waals surface area contributed by atoms with Crippen molar-refractivity contribution in [2.75, 3.05) is 5.33 Å². The maximum Gasteiger partial charge on any atom is 0.0908 e. The Morgan fingerprint density at radius 3 is 2.67 bits per heavy atom. The predicted molar refractivity (Wildman–Crippen MR) is 28.5 cm³/mol. The summed E-state index contributed by atoms with van der Waals surface area (Å²) in [4.78, 5) is 0. The second-order valence-electron chi connectivity index (χ2n) is 0.686. The van der Waals surface area contributed by atoms with E-state index in [1.807, 2.05) is 6.07 Å². The van der Waals surface area contributed by atoms with Crippen LogP contribution in [0, 0.1) is 11.3 Å². The van der Waals surface area contributed by atoms with Crippen LogP contribution < -0.4 is 0 Å². The third-order valence-corrected chi connectivity index (χ3v) is 0.655. The zero-order chi connectivity index (χ0) is 4.83. The van der Waals surface area contributed by atoms with Crippen molar-refractivity contribution in [1.82, 2.24) is 0 Å². The molecule has 0 aliphatic rings. The van der Waals surface area contributed by atoms with Crippen LogP contribution in [-0.4, -0.2) is 5.33 Å². The number of hydrogen-bond acceptors (Lipinski definition) is 1. The van der Waals surface area contributed by atoms with Gasteiger partial charge in [0.25, 0.3) is 0 Å². The third kappa shape index (κ3) is 3.71. The second-order valence-corrected chi connectivity index (χ2v) is 1.33. The van der Waals surface area contributed by atoms with Crippen molar-refractivity contribution in [3.63, 3.8) is 0 Å². The van der Waals surface area contributed by atoms with Crippen LogP contribution in [0.15, 0.2) is 12.2 Å². The highest BCUT2D eigenvalue weighted by atomic mass is 79.9. The van der Waals surface area contributed by atoms with Crippen LogP contribution in [0.3, 0.4) is 0 Å². The van der Waals surface area contributed by atoms with Crippen molar-refractivity contribution in [2.45, 2.75) is 0 Å². The average Bonchev–Trinajstić information content (AvgIpc) is 1.61. The molecule has 0 aromatic carbocycles. The molecule has 0 radical (unpaired) electrons. The van der Waals surface area contributed by atoms with Gasteiger partial charge in [0.1, 0.15) is 0 Å². The summed E-state index contributed by atoms with van der Waals surface area (Å²) in [6.07, 6.45) is 3.18. The normalized spacial score (nSPS) is 8.67. The number of hydrogen-bond donors (Lipinski definition) is 0. The highest BCUT2D eigenvalue weighted by Crippen LogP contribution is 1.78. The summed E-state index contributed by atoms with van der Waals surface area (Å²) in [5, 5.41) is 8.60. The summed E-state index contributed by atoms with van der Waals surface area (Å²) in [5.41, 5.74) is 0.